The Bertz CT molecular complexity index is 920. The highest BCUT2D eigenvalue weighted by Gasteiger charge is 2.24. The van der Waals surface area contributed by atoms with Gasteiger partial charge in [0, 0.05) is 17.3 Å². The number of benzene rings is 1. The van der Waals surface area contributed by atoms with E-state index in [0.29, 0.717) is 11.4 Å². The average molecular weight is 375 g/mol. The van der Waals surface area contributed by atoms with E-state index in [1.165, 1.54) is 17.9 Å². The van der Waals surface area contributed by atoms with Crippen LogP contribution in [0, 0.1) is 16.7 Å². The van der Waals surface area contributed by atoms with Crippen LogP contribution in [0.4, 0.5) is 11.4 Å². The van der Waals surface area contributed by atoms with Gasteiger partial charge >= 0.3 is 5.97 Å². The summed E-state index contributed by atoms with van der Waals surface area (Å²) in [6.07, 6.45) is 1.43. The molecule has 1 aromatic heterocycles. The summed E-state index contributed by atoms with van der Waals surface area (Å²) in [5.74, 6) is -0.857. The zero-order chi connectivity index (χ0) is 19.6. The molecule has 0 bridgehead atoms. The lowest BCUT2D eigenvalue weighted by Crippen LogP contribution is -2.27. The molecule has 8 heteroatoms. The molecule has 7 nitrogen and oxygen atoms in total. The van der Waals surface area contributed by atoms with Gasteiger partial charge in [-0.2, -0.15) is 5.26 Å². The van der Waals surface area contributed by atoms with Crippen molar-refractivity contribution < 1.29 is 14.3 Å². The van der Waals surface area contributed by atoms with E-state index in [0.717, 1.165) is 0 Å². The minimum atomic E-state index is -0.676. The van der Waals surface area contributed by atoms with Crippen LogP contribution in [0.1, 0.15) is 36.8 Å². The fourth-order valence-electron chi connectivity index (χ4n) is 2.18. The molecule has 3 N–H and O–H groups in total. The van der Waals surface area contributed by atoms with Crippen molar-refractivity contribution in [3.05, 3.63) is 40.7 Å². The second kappa shape index (κ2) is 7.10. The molecule has 0 spiro atoms. The second-order valence-corrected chi connectivity index (χ2v) is 7.05. The molecule has 136 valence electrons. The Morgan fingerprint density at radius 2 is 2.00 bits per heavy atom. The van der Waals surface area contributed by atoms with Crippen molar-refractivity contribution in [1.82, 2.24) is 4.57 Å². The first kappa shape index (κ1) is 19.3. The minimum Gasteiger partial charge on any atom is -0.464 e. The fourth-order valence-corrected chi connectivity index (χ4v) is 2.41. The Morgan fingerprint density at radius 1 is 1.35 bits per heavy atom. The number of nitrogens with zero attached hydrogens (tertiary/aromatic N) is 2. The first-order chi connectivity index (χ1) is 12.1. The molecule has 0 fully saturated rings. The summed E-state index contributed by atoms with van der Waals surface area (Å²) >= 11 is 6.28. The number of carbonyl (C=O) groups is 2. The molecule has 0 unspecified atom stereocenters. The molecule has 1 amide bonds. The highest BCUT2D eigenvalue weighted by molar-refractivity contribution is 6.34. The lowest BCUT2D eigenvalue weighted by atomic mass is 9.95. The van der Waals surface area contributed by atoms with Crippen LogP contribution in [0.3, 0.4) is 0 Å². The van der Waals surface area contributed by atoms with Gasteiger partial charge in [0.2, 0.25) is 5.91 Å². The van der Waals surface area contributed by atoms with Gasteiger partial charge in [0.05, 0.1) is 29.1 Å². The highest BCUT2D eigenvalue weighted by Crippen LogP contribution is 2.30. The summed E-state index contributed by atoms with van der Waals surface area (Å²) < 4.78 is 6.17. The topological polar surface area (TPSA) is 110 Å². The van der Waals surface area contributed by atoms with E-state index in [2.05, 4.69) is 5.32 Å². The number of nitriles is 1. The Morgan fingerprint density at radius 3 is 2.50 bits per heavy atom. The van der Waals surface area contributed by atoms with Crippen LogP contribution in [0.15, 0.2) is 24.4 Å². The van der Waals surface area contributed by atoms with Crippen LogP contribution in [0.5, 0.6) is 0 Å². The molecular formula is C18H19ClN4O3. The number of nitrogens with one attached hydrogen (secondary N) is 1. The summed E-state index contributed by atoms with van der Waals surface area (Å²) in [6, 6.07) is 6.76. The van der Waals surface area contributed by atoms with E-state index < -0.39 is 11.4 Å². The second-order valence-electron chi connectivity index (χ2n) is 6.65. The van der Waals surface area contributed by atoms with Gasteiger partial charge in [-0.1, -0.05) is 32.4 Å². The van der Waals surface area contributed by atoms with E-state index >= 15 is 0 Å². The van der Waals surface area contributed by atoms with Gasteiger partial charge < -0.3 is 20.4 Å². The summed E-state index contributed by atoms with van der Waals surface area (Å²) in [4.78, 5) is 24.2. The molecule has 0 aliphatic rings. The quantitative estimate of drug-likeness (QED) is 0.800. The number of esters is 1. The lowest BCUT2D eigenvalue weighted by molar-refractivity contribution is -0.123. The highest BCUT2D eigenvalue weighted by atomic mass is 35.5. The Hall–Kier alpha value is -2.98. The van der Waals surface area contributed by atoms with Gasteiger partial charge in [-0.3, -0.25) is 4.79 Å². The minimum absolute atomic E-state index is 0.0283. The van der Waals surface area contributed by atoms with Gasteiger partial charge in [-0.15, -0.1) is 0 Å². The van der Waals surface area contributed by atoms with Crippen molar-refractivity contribution >= 4 is 34.9 Å². The van der Waals surface area contributed by atoms with Gasteiger partial charge in [0.1, 0.15) is 6.07 Å². The van der Waals surface area contributed by atoms with Crippen molar-refractivity contribution in [2.45, 2.75) is 20.8 Å². The summed E-state index contributed by atoms with van der Waals surface area (Å²) in [6.45, 7) is 5.37. The van der Waals surface area contributed by atoms with Crippen LogP contribution >= 0.6 is 11.6 Å². The smallest absolute Gasteiger partial charge is 0.357 e. The number of carbonyl (C=O) groups excluding carboxylic acids is 2. The van der Waals surface area contributed by atoms with E-state index in [1.54, 1.807) is 39.0 Å². The molecule has 0 atom stereocenters. The summed E-state index contributed by atoms with van der Waals surface area (Å²) in [5, 5.41) is 12.2. The zero-order valence-corrected chi connectivity index (χ0v) is 15.6. The van der Waals surface area contributed by atoms with Crippen molar-refractivity contribution in [3.8, 4) is 11.8 Å². The summed E-state index contributed by atoms with van der Waals surface area (Å²) in [5.41, 5.74) is 6.45. The number of amides is 1. The molecule has 1 aromatic carbocycles. The first-order valence-corrected chi connectivity index (χ1v) is 8.08. The van der Waals surface area contributed by atoms with Crippen LogP contribution in [-0.4, -0.2) is 23.6 Å². The van der Waals surface area contributed by atoms with Gasteiger partial charge in [-0.05, 0) is 18.2 Å². The van der Waals surface area contributed by atoms with Crippen LogP contribution < -0.4 is 11.1 Å². The first-order valence-electron chi connectivity index (χ1n) is 7.70. The van der Waals surface area contributed by atoms with Gasteiger partial charge in [0.25, 0.3) is 0 Å². The molecule has 0 radical (unpaired) electrons. The molecule has 2 rings (SSSR count). The van der Waals surface area contributed by atoms with Gasteiger partial charge in [0.15, 0.2) is 5.69 Å². The number of hydrogen-bond donors (Lipinski definition) is 2. The monoisotopic (exact) mass is 374 g/mol. The number of aromatic nitrogens is 1. The number of rotatable bonds is 3. The largest absolute Gasteiger partial charge is 0.464 e. The van der Waals surface area contributed by atoms with E-state index in [4.69, 9.17) is 27.3 Å². The zero-order valence-electron chi connectivity index (χ0n) is 14.9. The molecular weight excluding hydrogens is 356 g/mol. The maximum atomic E-state index is 12.1. The third kappa shape index (κ3) is 3.65. The molecule has 0 aliphatic heterocycles. The number of halogens is 1. The van der Waals surface area contributed by atoms with Crippen molar-refractivity contribution in [3.63, 3.8) is 0 Å². The molecule has 1 heterocycles. The average Bonchev–Trinajstić information content (AvgIpc) is 2.91. The fraction of sp³-hybridized carbons (Fsp3) is 0.278. The normalized spacial score (nSPS) is 10.9. The van der Waals surface area contributed by atoms with Crippen LogP contribution in [0.2, 0.25) is 5.02 Å². The standard InChI is InChI=1S/C18H19ClN4O3/c1-18(2,3)17(25)22-13-6-5-11(7-12(13)19)23-9-10(8-20)14(21)15(23)16(24)26-4/h5-7,9H,21H2,1-4H3,(H,22,25). The molecule has 2 aromatic rings. The molecule has 0 aliphatic carbocycles. The van der Waals surface area contributed by atoms with Crippen LogP contribution in [-0.2, 0) is 9.53 Å². The van der Waals surface area contributed by atoms with Gasteiger partial charge in [-0.25, -0.2) is 4.79 Å². The summed E-state index contributed by atoms with van der Waals surface area (Å²) in [7, 11) is 1.23. The third-order valence-electron chi connectivity index (χ3n) is 3.70. The maximum Gasteiger partial charge on any atom is 0.357 e. The predicted molar refractivity (Wildman–Crippen MR) is 99.3 cm³/mol. The Kier molecular flexibility index (Phi) is 5.28. The number of methoxy groups -OCH3 is 1. The lowest BCUT2D eigenvalue weighted by Gasteiger charge is -2.18. The van der Waals surface area contributed by atoms with Crippen molar-refractivity contribution in [2.24, 2.45) is 5.41 Å². The van der Waals surface area contributed by atoms with Crippen molar-refractivity contribution in [2.75, 3.05) is 18.2 Å². The van der Waals surface area contributed by atoms with E-state index in [-0.39, 0.29) is 27.9 Å². The SMILES string of the molecule is COC(=O)c1c(N)c(C#N)cn1-c1ccc(NC(=O)C(C)(C)C)c(Cl)c1. The molecule has 0 saturated heterocycles. The number of nitrogens with two attached hydrogens (primary N) is 1. The number of ether oxygens (including phenoxy) is 1. The predicted octanol–water partition coefficient (Wildman–Crippen LogP) is 3.36. The Balaban J connectivity index is 2.49. The van der Waals surface area contributed by atoms with E-state index in [1.807, 2.05) is 6.07 Å². The van der Waals surface area contributed by atoms with Crippen LogP contribution in [0.25, 0.3) is 5.69 Å². The molecule has 0 saturated carbocycles. The number of hydrogen-bond acceptors (Lipinski definition) is 5. The number of nitrogen functional groups attached to an aromatic ring is 1. The molecule has 26 heavy (non-hydrogen) atoms. The van der Waals surface area contributed by atoms with E-state index in [9.17, 15) is 9.59 Å². The number of anilines is 2. The Labute approximate surface area is 156 Å². The maximum absolute atomic E-state index is 12.1. The van der Waals surface area contributed by atoms with Crippen molar-refractivity contribution in [1.29, 1.82) is 5.26 Å². The third-order valence-corrected chi connectivity index (χ3v) is 4.02.